The monoisotopic (exact) mass is 327 g/mol. The van der Waals surface area contributed by atoms with Crippen LogP contribution in [-0.4, -0.2) is 42.5 Å². The van der Waals surface area contributed by atoms with Crippen LogP contribution >= 0.6 is 0 Å². The molecule has 0 saturated heterocycles. The normalized spacial score (nSPS) is 12.0. The number of pyridine rings is 1. The average Bonchev–Trinajstić information content (AvgIpc) is 2.57. The number of ether oxygens (including phenoxy) is 1. The van der Waals surface area contributed by atoms with Crippen LogP contribution < -0.4 is 10.1 Å². The number of aryl methyl sites for hydroxylation is 1. The fourth-order valence-corrected chi connectivity index (χ4v) is 2.45. The number of carbonyl (C=O) groups is 1. The molecule has 5 heteroatoms. The second-order valence-electron chi connectivity index (χ2n) is 6.05. The molecule has 0 fully saturated rings. The van der Waals surface area contributed by atoms with Gasteiger partial charge in [0.1, 0.15) is 11.6 Å². The summed E-state index contributed by atoms with van der Waals surface area (Å²) in [6, 6.07) is 11.9. The van der Waals surface area contributed by atoms with E-state index in [1.807, 2.05) is 49.2 Å². The Morgan fingerprint density at radius 2 is 2.04 bits per heavy atom. The number of methoxy groups -OCH3 is 1. The Morgan fingerprint density at radius 1 is 1.29 bits per heavy atom. The van der Waals surface area contributed by atoms with Gasteiger partial charge in [0.05, 0.1) is 13.7 Å². The van der Waals surface area contributed by atoms with Crippen molar-refractivity contribution in [2.24, 2.45) is 0 Å². The second-order valence-corrected chi connectivity index (χ2v) is 6.05. The minimum absolute atomic E-state index is 0.0688. The highest BCUT2D eigenvalue weighted by atomic mass is 16.5. The van der Waals surface area contributed by atoms with Crippen LogP contribution in [0.25, 0.3) is 0 Å². The van der Waals surface area contributed by atoms with Crippen molar-refractivity contribution in [2.45, 2.75) is 26.3 Å². The lowest BCUT2D eigenvalue weighted by Gasteiger charge is -2.24. The molecule has 2 aromatic rings. The van der Waals surface area contributed by atoms with Crippen molar-refractivity contribution >= 4 is 11.7 Å². The fourth-order valence-electron chi connectivity index (χ4n) is 2.45. The Hall–Kier alpha value is -2.40. The Kier molecular flexibility index (Phi) is 6.32. The molecule has 1 amide bonds. The maximum Gasteiger partial charge on any atom is 0.239 e. The number of likely N-dealkylation sites (N-methyl/N-ethyl adjacent to an activating group) is 1. The number of nitrogens with zero attached hydrogens (tertiary/aromatic N) is 2. The molecule has 2 rings (SSSR count). The van der Waals surface area contributed by atoms with E-state index in [0.717, 1.165) is 23.3 Å². The average molecular weight is 327 g/mol. The topological polar surface area (TPSA) is 54.5 Å². The van der Waals surface area contributed by atoms with E-state index in [1.165, 1.54) is 0 Å². The first-order valence-electron chi connectivity index (χ1n) is 8.04. The Labute approximate surface area is 143 Å². The molecule has 24 heavy (non-hydrogen) atoms. The number of nitrogens with one attached hydrogen (secondary N) is 1. The van der Waals surface area contributed by atoms with Gasteiger partial charge in [-0.15, -0.1) is 0 Å². The molecule has 0 aliphatic rings. The molecule has 0 bridgehead atoms. The largest absolute Gasteiger partial charge is 0.496 e. The molecule has 0 spiro atoms. The smallest absolute Gasteiger partial charge is 0.239 e. The molecule has 0 aliphatic carbocycles. The molecule has 5 nitrogen and oxygen atoms in total. The van der Waals surface area contributed by atoms with Crippen LogP contribution in [0.2, 0.25) is 0 Å². The summed E-state index contributed by atoms with van der Waals surface area (Å²) in [5, 5.41) is 2.82. The van der Waals surface area contributed by atoms with Gasteiger partial charge in [-0.2, -0.15) is 0 Å². The zero-order valence-corrected chi connectivity index (χ0v) is 14.7. The highest BCUT2D eigenvalue weighted by molar-refractivity contribution is 5.91. The lowest BCUT2D eigenvalue weighted by atomic mass is 10.1. The van der Waals surface area contributed by atoms with Crippen LogP contribution in [0.5, 0.6) is 5.75 Å². The van der Waals surface area contributed by atoms with Crippen LogP contribution in [0.4, 0.5) is 5.82 Å². The van der Waals surface area contributed by atoms with Crippen LogP contribution in [-0.2, 0) is 11.2 Å². The zero-order chi connectivity index (χ0) is 17.5. The standard InChI is InChI=1S/C19H25N3O2/c1-14-9-10-18(20-12-14)21-19(23)13-22(3)15(2)11-16-7-5-6-8-17(16)24-4/h5-10,12,15H,11,13H2,1-4H3,(H,20,21,23)/t15-/m1/s1. The van der Waals surface area contributed by atoms with Crippen LogP contribution in [0.3, 0.4) is 0 Å². The Bertz CT molecular complexity index is 671. The molecule has 0 aliphatic heterocycles. The summed E-state index contributed by atoms with van der Waals surface area (Å²) < 4.78 is 5.39. The van der Waals surface area contributed by atoms with Crippen molar-refractivity contribution in [3.63, 3.8) is 0 Å². The molecule has 0 unspecified atom stereocenters. The van der Waals surface area contributed by atoms with Gasteiger partial charge >= 0.3 is 0 Å². The van der Waals surface area contributed by atoms with Crippen molar-refractivity contribution < 1.29 is 9.53 Å². The molecule has 0 radical (unpaired) electrons. The van der Waals surface area contributed by atoms with Crippen LogP contribution in [0, 0.1) is 6.92 Å². The molecule has 1 atom stereocenters. The Balaban J connectivity index is 1.89. The third-order valence-electron chi connectivity index (χ3n) is 4.03. The number of benzene rings is 1. The first-order chi connectivity index (χ1) is 11.5. The van der Waals surface area contributed by atoms with Crippen molar-refractivity contribution in [1.29, 1.82) is 0 Å². The van der Waals surface area contributed by atoms with E-state index in [4.69, 9.17) is 4.74 Å². The van der Waals surface area contributed by atoms with E-state index in [1.54, 1.807) is 13.3 Å². The number of para-hydroxylation sites is 1. The van der Waals surface area contributed by atoms with E-state index in [2.05, 4.69) is 23.3 Å². The third-order valence-corrected chi connectivity index (χ3v) is 4.03. The maximum atomic E-state index is 12.2. The first-order valence-corrected chi connectivity index (χ1v) is 8.04. The van der Waals surface area contributed by atoms with Gasteiger partial charge in [-0.1, -0.05) is 24.3 Å². The lowest BCUT2D eigenvalue weighted by Crippen LogP contribution is -2.37. The third kappa shape index (κ3) is 5.06. The number of aromatic nitrogens is 1. The van der Waals surface area contributed by atoms with Gasteiger partial charge in [-0.25, -0.2) is 4.98 Å². The molecule has 1 heterocycles. The molecule has 0 saturated carbocycles. The summed E-state index contributed by atoms with van der Waals surface area (Å²) in [7, 11) is 3.62. The van der Waals surface area contributed by atoms with E-state index in [-0.39, 0.29) is 11.9 Å². The molecule has 128 valence electrons. The summed E-state index contributed by atoms with van der Waals surface area (Å²) >= 11 is 0. The molecular formula is C19H25N3O2. The number of hydrogen-bond acceptors (Lipinski definition) is 4. The lowest BCUT2D eigenvalue weighted by molar-refractivity contribution is -0.117. The summed E-state index contributed by atoms with van der Waals surface area (Å²) in [6.07, 6.45) is 2.56. The maximum absolute atomic E-state index is 12.2. The van der Waals surface area contributed by atoms with Gasteiger partial charge in [-0.05, 0) is 50.6 Å². The fraction of sp³-hybridized carbons (Fsp3) is 0.368. The van der Waals surface area contributed by atoms with Gasteiger partial charge in [0, 0.05) is 12.2 Å². The Morgan fingerprint density at radius 3 is 2.71 bits per heavy atom. The highest BCUT2D eigenvalue weighted by Crippen LogP contribution is 2.20. The molecule has 1 aromatic heterocycles. The summed E-state index contributed by atoms with van der Waals surface area (Å²) in [4.78, 5) is 18.4. The van der Waals surface area contributed by atoms with Crippen molar-refractivity contribution in [3.05, 3.63) is 53.7 Å². The molecular weight excluding hydrogens is 302 g/mol. The van der Waals surface area contributed by atoms with Gasteiger partial charge in [0.15, 0.2) is 0 Å². The van der Waals surface area contributed by atoms with Gasteiger partial charge < -0.3 is 10.1 Å². The highest BCUT2D eigenvalue weighted by Gasteiger charge is 2.15. The van der Waals surface area contributed by atoms with Crippen LogP contribution in [0.15, 0.2) is 42.6 Å². The second kappa shape index (κ2) is 8.45. The van der Waals surface area contributed by atoms with E-state index >= 15 is 0 Å². The minimum Gasteiger partial charge on any atom is -0.496 e. The van der Waals surface area contributed by atoms with Gasteiger partial charge in [0.25, 0.3) is 0 Å². The van der Waals surface area contributed by atoms with Crippen molar-refractivity contribution in [1.82, 2.24) is 9.88 Å². The van der Waals surface area contributed by atoms with E-state index in [0.29, 0.717) is 12.4 Å². The number of anilines is 1. The van der Waals surface area contributed by atoms with E-state index < -0.39 is 0 Å². The summed E-state index contributed by atoms with van der Waals surface area (Å²) in [5.41, 5.74) is 2.20. The number of hydrogen-bond donors (Lipinski definition) is 1. The van der Waals surface area contributed by atoms with Crippen molar-refractivity contribution in [3.8, 4) is 5.75 Å². The summed E-state index contributed by atoms with van der Waals surface area (Å²) in [6.45, 7) is 4.38. The van der Waals surface area contributed by atoms with Crippen LogP contribution in [0.1, 0.15) is 18.1 Å². The predicted molar refractivity (Wildman–Crippen MR) is 96.4 cm³/mol. The van der Waals surface area contributed by atoms with Gasteiger partial charge in [0.2, 0.25) is 5.91 Å². The zero-order valence-electron chi connectivity index (χ0n) is 14.7. The SMILES string of the molecule is COc1ccccc1C[C@@H](C)N(C)CC(=O)Nc1ccc(C)cn1. The number of rotatable bonds is 7. The molecule has 1 N–H and O–H groups in total. The number of amides is 1. The summed E-state index contributed by atoms with van der Waals surface area (Å²) in [5.74, 6) is 1.39. The first kappa shape index (κ1) is 17.9. The van der Waals surface area contributed by atoms with Gasteiger partial charge in [-0.3, -0.25) is 9.69 Å². The number of carbonyl (C=O) groups excluding carboxylic acids is 1. The molecule has 1 aromatic carbocycles. The minimum atomic E-state index is -0.0688. The van der Waals surface area contributed by atoms with Crippen molar-refractivity contribution in [2.75, 3.05) is 26.0 Å². The van der Waals surface area contributed by atoms with E-state index in [9.17, 15) is 4.79 Å². The predicted octanol–water partition coefficient (Wildman–Crippen LogP) is 2.90. The quantitative estimate of drug-likeness (QED) is 0.849.